The maximum absolute atomic E-state index is 13.4. The summed E-state index contributed by atoms with van der Waals surface area (Å²) in [5, 5.41) is 18.1. The number of primary amides is 1. The highest BCUT2D eigenvalue weighted by Gasteiger charge is 2.66. The fourth-order valence-corrected chi connectivity index (χ4v) is 7.22. The molecule has 3 fully saturated rings. The van der Waals surface area contributed by atoms with E-state index < -0.39 is 44.5 Å². The Morgan fingerprint density at radius 2 is 1.94 bits per heavy atom. The van der Waals surface area contributed by atoms with E-state index in [9.17, 15) is 28.4 Å². The van der Waals surface area contributed by atoms with Crippen LogP contribution in [0.15, 0.2) is 23.1 Å². The average molecular weight is 481 g/mol. The lowest BCUT2D eigenvalue weighted by Gasteiger charge is -2.29. The molecule has 0 bridgehead atoms. The van der Waals surface area contributed by atoms with Gasteiger partial charge >= 0.3 is 5.97 Å². The van der Waals surface area contributed by atoms with Crippen LogP contribution in [0, 0.1) is 16.7 Å². The van der Waals surface area contributed by atoms with Crippen molar-refractivity contribution in [2.24, 2.45) is 11.1 Å². The van der Waals surface area contributed by atoms with Gasteiger partial charge in [-0.15, -0.1) is 0 Å². The van der Waals surface area contributed by atoms with Crippen molar-refractivity contribution in [1.29, 1.82) is 5.26 Å². The van der Waals surface area contributed by atoms with Gasteiger partial charge in [-0.25, -0.2) is 8.42 Å². The largest absolute Gasteiger partial charge is 0.480 e. The predicted molar refractivity (Wildman–Crippen MR) is 117 cm³/mol. The molecule has 0 spiro atoms. The number of benzene rings is 1. The zero-order valence-electron chi connectivity index (χ0n) is 17.4. The zero-order chi connectivity index (χ0) is 23.3. The first kappa shape index (κ1) is 22.8. The highest BCUT2D eigenvalue weighted by Crippen LogP contribution is 2.51. The fraction of sp³-hybridized carbons (Fsp3) is 0.571. The molecule has 11 heteroatoms. The van der Waals surface area contributed by atoms with Gasteiger partial charge in [0.25, 0.3) is 0 Å². The monoisotopic (exact) mass is 480 g/mol. The van der Waals surface area contributed by atoms with Crippen molar-refractivity contribution in [2.75, 3.05) is 24.5 Å². The van der Waals surface area contributed by atoms with E-state index in [4.69, 9.17) is 17.3 Å². The molecule has 1 aromatic rings. The number of nitrogens with two attached hydrogens (primary N) is 1. The third kappa shape index (κ3) is 3.72. The summed E-state index contributed by atoms with van der Waals surface area (Å²) in [4.78, 5) is 27.2. The van der Waals surface area contributed by atoms with E-state index in [1.165, 1.54) is 17.4 Å². The average Bonchev–Trinajstić information content (AvgIpc) is 3.34. The van der Waals surface area contributed by atoms with Gasteiger partial charge in [0.15, 0.2) is 15.3 Å². The van der Waals surface area contributed by atoms with Crippen LogP contribution in [0.4, 0.5) is 5.69 Å². The van der Waals surface area contributed by atoms with Gasteiger partial charge in [0.2, 0.25) is 5.91 Å². The number of anilines is 1. The lowest BCUT2D eigenvalue weighted by molar-refractivity contribution is -0.142. The lowest BCUT2D eigenvalue weighted by Crippen LogP contribution is -2.42. The van der Waals surface area contributed by atoms with Crippen LogP contribution in [0.1, 0.15) is 32.1 Å². The Morgan fingerprint density at radius 3 is 2.47 bits per heavy atom. The molecule has 1 saturated carbocycles. The minimum atomic E-state index is -3.94. The van der Waals surface area contributed by atoms with Crippen molar-refractivity contribution in [1.82, 2.24) is 4.90 Å². The molecule has 3 N–H and O–H groups in total. The van der Waals surface area contributed by atoms with E-state index >= 15 is 0 Å². The molecule has 2 aliphatic heterocycles. The number of sulfone groups is 1. The minimum absolute atomic E-state index is 0.0341. The van der Waals surface area contributed by atoms with Gasteiger partial charge in [0, 0.05) is 31.4 Å². The Labute approximate surface area is 191 Å². The first-order valence-corrected chi connectivity index (χ1v) is 12.5. The summed E-state index contributed by atoms with van der Waals surface area (Å²) in [7, 11) is -3.94. The number of hydrogen-bond donors (Lipinski definition) is 2. The molecule has 4 rings (SSSR count). The van der Waals surface area contributed by atoms with E-state index in [-0.39, 0.29) is 29.3 Å². The number of carbonyl (C=O) groups is 2. The number of hydrogen-bond acceptors (Lipinski definition) is 7. The first-order valence-electron chi connectivity index (χ1n) is 10.6. The zero-order valence-corrected chi connectivity index (χ0v) is 19.0. The number of carboxylic acid groups (broad SMARTS) is 1. The summed E-state index contributed by atoms with van der Waals surface area (Å²) in [6.07, 6.45) is 3.26. The summed E-state index contributed by atoms with van der Waals surface area (Å²) in [6.45, 7) is 1.68. The second-order valence-electron chi connectivity index (χ2n) is 8.78. The number of aliphatic carboxylic acids is 1. The van der Waals surface area contributed by atoms with Crippen molar-refractivity contribution in [3.8, 4) is 6.07 Å². The third-order valence-electron chi connectivity index (χ3n) is 6.93. The summed E-state index contributed by atoms with van der Waals surface area (Å²) >= 11 is 6.39. The number of amides is 1. The van der Waals surface area contributed by atoms with Gasteiger partial charge in [0.1, 0.15) is 6.04 Å². The molecule has 1 amide bonds. The summed E-state index contributed by atoms with van der Waals surface area (Å²) in [5.41, 5.74) is 4.75. The van der Waals surface area contributed by atoms with Gasteiger partial charge < -0.3 is 15.7 Å². The molecule has 3 aliphatic rings. The molecular formula is C21H25ClN4O5S. The van der Waals surface area contributed by atoms with Crippen molar-refractivity contribution in [2.45, 2.75) is 54.3 Å². The van der Waals surface area contributed by atoms with E-state index in [1.807, 2.05) is 6.07 Å². The topological polar surface area (TPSA) is 145 Å². The Kier molecular flexibility index (Phi) is 5.86. The van der Waals surface area contributed by atoms with E-state index in [0.717, 1.165) is 31.6 Å². The molecular weight excluding hydrogens is 456 g/mol. The molecule has 172 valence electrons. The summed E-state index contributed by atoms with van der Waals surface area (Å²) in [6, 6.07) is 4.93. The Balaban J connectivity index is 1.58. The van der Waals surface area contributed by atoms with Crippen molar-refractivity contribution in [3.05, 3.63) is 23.2 Å². The number of likely N-dealkylation sites (tertiary alicyclic amines) is 1. The highest BCUT2D eigenvalue weighted by atomic mass is 35.5. The number of nitrogens with zero attached hydrogens (tertiary/aromatic N) is 3. The van der Waals surface area contributed by atoms with Gasteiger partial charge in [-0.05, 0) is 50.3 Å². The van der Waals surface area contributed by atoms with Crippen LogP contribution in [-0.2, 0) is 19.4 Å². The predicted octanol–water partition coefficient (Wildman–Crippen LogP) is 1.40. The van der Waals surface area contributed by atoms with E-state index in [0.29, 0.717) is 0 Å². The molecule has 2 saturated heterocycles. The fourth-order valence-electron chi connectivity index (χ4n) is 4.97. The van der Waals surface area contributed by atoms with Crippen LogP contribution in [0.25, 0.3) is 0 Å². The molecule has 2 heterocycles. The van der Waals surface area contributed by atoms with Crippen molar-refractivity contribution < 1.29 is 23.1 Å². The van der Waals surface area contributed by atoms with Crippen LogP contribution in [0.5, 0.6) is 0 Å². The molecule has 32 heavy (non-hydrogen) atoms. The Morgan fingerprint density at radius 1 is 1.25 bits per heavy atom. The van der Waals surface area contributed by atoms with Gasteiger partial charge in [-0.2, -0.15) is 5.26 Å². The number of halogens is 1. The van der Waals surface area contributed by atoms with Crippen molar-refractivity contribution >= 4 is 39.0 Å². The second kappa shape index (κ2) is 8.21. The van der Waals surface area contributed by atoms with Crippen LogP contribution in [-0.4, -0.2) is 67.3 Å². The Bertz CT molecular complexity index is 1100. The van der Waals surface area contributed by atoms with Crippen molar-refractivity contribution in [3.63, 3.8) is 0 Å². The van der Waals surface area contributed by atoms with Crippen LogP contribution in [0.2, 0.25) is 5.02 Å². The van der Waals surface area contributed by atoms with Gasteiger partial charge in [-0.1, -0.05) is 11.6 Å². The molecule has 2 unspecified atom stereocenters. The smallest absolute Gasteiger partial charge is 0.320 e. The molecule has 1 aromatic carbocycles. The standard InChI is InChI=1S/C21H25ClN4O5S/c22-15-8-13(25-6-2-1-3-7-25)4-5-17(15)32(30,31)14-9-16(19(27)28)26(11-14)18-10-21(18,12-23)20(24)29/h4-5,8,14,16,18H,1-3,6-7,9-11H2,(H2,24,29)(H,27,28)/t14-,16+,18?,21?/m1/s1. The number of nitriles is 1. The molecule has 4 atom stereocenters. The number of carboxylic acids is 1. The number of rotatable bonds is 6. The van der Waals surface area contributed by atoms with Crippen LogP contribution >= 0.6 is 11.6 Å². The third-order valence-corrected chi connectivity index (χ3v) is 9.54. The molecule has 0 radical (unpaired) electrons. The maximum atomic E-state index is 13.4. The lowest BCUT2D eigenvalue weighted by atomic mass is 10.1. The minimum Gasteiger partial charge on any atom is -0.480 e. The number of carbonyl (C=O) groups excluding carboxylic acids is 1. The number of piperidine rings is 1. The van der Waals surface area contributed by atoms with Gasteiger partial charge in [-0.3, -0.25) is 14.5 Å². The summed E-state index contributed by atoms with van der Waals surface area (Å²) in [5.74, 6) is -2.02. The van der Waals surface area contributed by atoms with E-state index in [1.54, 1.807) is 12.1 Å². The SMILES string of the molecule is N#CC1(C(N)=O)CC1N1C[C@H](S(=O)(=O)c2ccc(N3CCCCC3)cc2Cl)C[C@H]1C(=O)O. The first-order chi connectivity index (χ1) is 15.1. The molecule has 1 aliphatic carbocycles. The normalized spacial score (nSPS) is 30.6. The van der Waals surface area contributed by atoms with Crippen LogP contribution in [0.3, 0.4) is 0 Å². The summed E-state index contributed by atoms with van der Waals surface area (Å²) < 4.78 is 26.8. The van der Waals surface area contributed by atoms with Gasteiger partial charge in [0.05, 0.1) is 21.2 Å². The van der Waals surface area contributed by atoms with Crippen LogP contribution < -0.4 is 10.6 Å². The van der Waals surface area contributed by atoms with E-state index in [2.05, 4.69) is 4.90 Å². The maximum Gasteiger partial charge on any atom is 0.320 e. The second-order valence-corrected chi connectivity index (χ2v) is 11.4. The molecule has 0 aromatic heterocycles. The Hall–Kier alpha value is -2.35. The molecule has 9 nitrogen and oxygen atoms in total. The quantitative estimate of drug-likeness (QED) is 0.621. The highest BCUT2D eigenvalue weighted by molar-refractivity contribution is 7.92.